The van der Waals surface area contributed by atoms with Crippen LogP contribution in [0.1, 0.15) is 120 Å². The number of methoxy groups -OCH3 is 2. The highest BCUT2D eigenvalue weighted by Gasteiger charge is 2.40. The first-order valence-corrected chi connectivity index (χ1v) is 24.0. The Labute approximate surface area is 401 Å². The molecule has 4 aromatic carbocycles. The van der Waals surface area contributed by atoms with Crippen molar-refractivity contribution in [3.63, 3.8) is 0 Å². The molecule has 0 spiro atoms. The van der Waals surface area contributed by atoms with Gasteiger partial charge in [-0.2, -0.15) is 26.3 Å². The highest BCUT2D eigenvalue weighted by Crippen LogP contribution is 2.46. The highest BCUT2D eigenvalue weighted by molar-refractivity contribution is 5.93. The number of hydrogen-bond acceptors (Lipinski definition) is 9. The fraction of sp³-hybridized carbons (Fsp3) is 0.574. The van der Waals surface area contributed by atoms with Gasteiger partial charge in [-0.1, -0.05) is 77.9 Å². The van der Waals surface area contributed by atoms with Gasteiger partial charge in [0.2, 0.25) is 0 Å². The number of alkyl halides is 6. The molecule has 0 unspecified atom stereocenters. The monoisotopic (exact) mass is 970 g/mol. The molecule has 15 heteroatoms. The first kappa shape index (κ1) is 53.5. The quantitative estimate of drug-likeness (QED) is 0.0998. The molecule has 1 N–H and O–H groups in total. The second-order valence-electron chi connectivity index (χ2n) is 21.2. The fourth-order valence-corrected chi connectivity index (χ4v) is 9.99. The fourth-order valence-electron chi connectivity index (χ4n) is 9.99. The molecular weight excluding hydrogens is 903 g/mol. The number of rotatable bonds is 9. The van der Waals surface area contributed by atoms with E-state index in [2.05, 4.69) is 56.5 Å². The molecule has 2 heterocycles. The number of nitrogens with zero attached hydrogens (tertiary/aromatic N) is 1. The standard InChI is InChI=1S/C27H34F3NO3.C22H25F3O2.C5H9NO2/c1-26(2,3)20-7-9-21(10-8-20)34-23-12-6-18-13-17(5-11-22(18)24(23)27(28,29)30)14-31-15-19(16-31)25(32)33-4;1-21(2,3)16-6-8-17(9-7-16)27-19-11-5-15-12-14(13-26)4-10-18(15)20(19)22(23,24)25;1-8-5(7)4-2-6-3-4/h5-6,11-13,19-21H,7-10,14-16H2,1-4H3;4-5,10-13,16-17H,6-9H2,1-3H3;4,6H,2-3H2,1H3. The Kier molecular flexibility index (Phi) is 17.1. The smallest absolute Gasteiger partial charge is 0.420 e. The number of hydrogen-bond donors (Lipinski definition) is 1. The summed E-state index contributed by atoms with van der Waals surface area (Å²) in [5.74, 6) is 0.633. The number of carbonyl (C=O) groups is 3. The average molecular weight is 971 g/mol. The number of nitrogens with one attached hydrogen (secondary N) is 1. The Balaban J connectivity index is 0.000000199. The van der Waals surface area contributed by atoms with Gasteiger partial charge in [-0.05, 0) is 125 Å². The van der Waals surface area contributed by atoms with E-state index in [4.69, 9.17) is 14.2 Å². The van der Waals surface area contributed by atoms with E-state index < -0.39 is 23.5 Å². The van der Waals surface area contributed by atoms with E-state index in [9.17, 15) is 40.7 Å². The van der Waals surface area contributed by atoms with Gasteiger partial charge in [-0.3, -0.25) is 19.3 Å². The van der Waals surface area contributed by atoms with Crippen molar-refractivity contribution in [2.45, 2.75) is 124 Å². The minimum Gasteiger partial charge on any atom is -0.490 e. The molecule has 2 aliphatic heterocycles. The number of ether oxygens (including phenoxy) is 4. The van der Waals surface area contributed by atoms with Gasteiger partial charge in [0, 0.05) is 38.3 Å². The van der Waals surface area contributed by atoms with Crippen LogP contribution in [0.4, 0.5) is 26.3 Å². The summed E-state index contributed by atoms with van der Waals surface area (Å²) < 4.78 is 105. The van der Waals surface area contributed by atoms with E-state index in [1.165, 1.54) is 44.6 Å². The predicted molar refractivity (Wildman–Crippen MR) is 254 cm³/mol. The maximum atomic E-state index is 14.1. The zero-order valence-electron chi connectivity index (χ0n) is 41.1. The largest absolute Gasteiger partial charge is 0.490 e. The number of likely N-dealkylation sites (tertiary alicyclic amines) is 1. The molecule has 4 aliphatic rings. The zero-order chi connectivity index (χ0) is 50.5. The summed E-state index contributed by atoms with van der Waals surface area (Å²) in [5.41, 5.74) is 0.239. The molecule has 0 radical (unpaired) electrons. The van der Waals surface area contributed by atoms with Gasteiger partial charge < -0.3 is 24.3 Å². The van der Waals surface area contributed by atoms with Crippen LogP contribution >= 0.6 is 0 Å². The van der Waals surface area contributed by atoms with Crippen LogP contribution in [-0.2, 0) is 38.0 Å². The summed E-state index contributed by atoms with van der Waals surface area (Å²) in [5, 5.41) is 4.13. The Hall–Kier alpha value is -4.89. The van der Waals surface area contributed by atoms with Crippen LogP contribution in [0.3, 0.4) is 0 Å². The van der Waals surface area contributed by atoms with Crippen LogP contribution in [-0.4, -0.2) is 75.7 Å². The van der Waals surface area contributed by atoms with Gasteiger partial charge in [0.1, 0.15) is 28.9 Å². The van der Waals surface area contributed by atoms with Crippen molar-refractivity contribution in [3.8, 4) is 11.5 Å². The Morgan fingerprint density at radius 1 is 0.609 bits per heavy atom. The minimum absolute atomic E-state index is 0.0639. The molecule has 4 fully saturated rings. The topological polar surface area (TPSA) is 103 Å². The molecule has 2 aliphatic carbocycles. The summed E-state index contributed by atoms with van der Waals surface area (Å²) in [6, 6.07) is 15.5. The van der Waals surface area contributed by atoms with Crippen molar-refractivity contribution < 1.29 is 59.7 Å². The van der Waals surface area contributed by atoms with Crippen molar-refractivity contribution >= 4 is 39.8 Å². The lowest BCUT2D eigenvalue weighted by atomic mass is 9.72. The summed E-state index contributed by atoms with van der Waals surface area (Å²) in [6.45, 7) is 16.6. The van der Waals surface area contributed by atoms with Crippen molar-refractivity contribution in [2.75, 3.05) is 40.4 Å². The molecule has 0 amide bonds. The molecule has 2 saturated carbocycles. The molecule has 0 atom stereocenters. The third-order valence-electron chi connectivity index (χ3n) is 14.4. The van der Waals surface area contributed by atoms with E-state index in [0.717, 1.165) is 70.0 Å². The van der Waals surface area contributed by atoms with Gasteiger partial charge in [0.25, 0.3) is 0 Å². The zero-order valence-corrected chi connectivity index (χ0v) is 41.1. The second kappa shape index (κ2) is 22.0. The number of halogens is 6. The maximum absolute atomic E-state index is 14.1. The number of esters is 2. The lowest BCUT2D eigenvalue weighted by Crippen LogP contribution is -2.49. The van der Waals surface area contributed by atoms with E-state index in [-0.39, 0.29) is 69.1 Å². The molecule has 378 valence electrons. The van der Waals surface area contributed by atoms with Crippen LogP contribution in [0.15, 0.2) is 60.7 Å². The molecular formula is C54H68F6N2O7. The molecule has 8 rings (SSSR count). The number of carbonyl (C=O) groups excluding carboxylic acids is 3. The number of aldehydes is 1. The molecule has 0 bridgehead atoms. The molecule has 2 saturated heterocycles. The first-order valence-electron chi connectivity index (χ1n) is 24.0. The molecule has 69 heavy (non-hydrogen) atoms. The van der Waals surface area contributed by atoms with Crippen LogP contribution in [0, 0.1) is 34.5 Å². The van der Waals surface area contributed by atoms with E-state index >= 15 is 0 Å². The van der Waals surface area contributed by atoms with E-state index in [0.29, 0.717) is 54.1 Å². The van der Waals surface area contributed by atoms with Crippen LogP contribution in [0.25, 0.3) is 21.5 Å². The maximum Gasteiger partial charge on any atom is 0.420 e. The normalized spacial score (nSPS) is 21.7. The Bertz CT molecular complexity index is 2400. The molecule has 9 nitrogen and oxygen atoms in total. The van der Waals surface area contributed by atoms with Gasteiger partial charge in [-0.25, -0.2) is 0 Å². The van der Waals surface area contributed by atoms with Crippen molar-refractivity contribution in [1.29, 1.82) is 0 Å². The summed E-state index contributed by atoms with van der Waals surface area (Å²) in [6.07, 6.45) is -1.84. The number of fused-ring (bicyclic) bond motifs is 2. The minimum atomic E-state index is -4.53. The summed E-state index contributed by atoms with van der Waals surface area (Å²) in [4.78, 5) is 35.1. The molecule has 0 aromatic heterocycles. The van der Waals surface area contributed by atoms with Crippen molar-refractivity contribution in [1.82, 2.24) is 10.2 Å². The van der Waals surface area contributed by atoms with Crippen LogP contribution in [0.5, 0.6) is 11.5 Å². The van der Waals surface area contributed by atoms with Crippen molar-refractivity contribution in [3.05, 3.63) is 82.9 Å². The van der Waals surface area contributed by atoms with Gasteiger partial charge in [-0.15, -0.1) is 0 Å². The summed E-state index contributed by atoms with van der Waals surface area (Å²) >= 11 is 0. The average Bonchev–Trinajstić information content (AvgIpc) is 3.25. The lowest BCUT2D eigenvalue weighted by Gasteiger charge is -2.37. The number of benzene rings is 4. The third kappa shape index (κ3) is 13.7. The van der Waals surface area contributed by atoms with Gasteiger partial charge in [0.15, 0.2) is 0 Å². The van der Waals surface area contributed by atoms with E-state index in [1.807, 2.05) is 0 Å². The predicted octanol–water partition coefficient (Wildman–Crippen LogP) is 12.5. The third-order valence-corrected chi connectivity index (χ3v) is 14.4. The Morgan fingerprint density at radius 2 is 1.04 bits per heavy atom. The van der Waals surface area contributed by atoms with Gasteiger partial charge >= 0.3 is 24.3 Å². The summed E-state index contributed by atoms with van der Waals surface area (Å²) in [7, 11) is 2.79. The van der Waals surface area contributed by atoms with Crippen LogP contribution < -0.4 is 14.8 Å². The second-order valence-corrected chi connectivity index (χ2v) is 21.2. The van der Waals surface area contributed by atoms with E-state index in [1.54, 1.807) is 30.3 Å². The van der Waals surface area contributed by atoms with Crippen molar-refractivity contribution in [2.24, 2.45) is 34.5 Å². The lowest BCUT2D eigenvalue weighted by molar-refractivity contribution is -0.151. The van der Waals surface area contributed by atoms with Gasteiger partial charge in [0.05, 0.1) is 38.3 Å². The Morgan fingerprint density at radius 3 is 1.42 bits per heavy atom. The molecule has 4 aromatic rings. The SMILES string of the molecule is CC(C)(C)C1CCC(Oc2ccc3cc(C=O)ccc3c2C(F)(F)F)CC1.COC(=O)C1CN(Cc2ccc3c(C(F)(F)F)c(OC4CCC(C(C)(C)C)CC4)ccc3c2)C1.COC(=O)C1CNC1. The first-order chi connectivity index (χ1) is 32.4. The highest BCUT2D eigenvalue weighted by atomic mass is 19.4. The van der Waals surface area contributed by atoms with Crippen LogP contribution in [0.2, 0.25) is 0 Å².